The fourth-order valence-electron chi connectivity index (χ4n) is 1.97. The van der Waals surface area contributed by atoms with Gasteiger partial charge in [-0.15, -0.1) is 0 Å². The van der Waals surface area contributed by atoms with Gasteiger partial charge in [0.15, 0.2) is 0 Å². The number of anilines is 2. The van der Waals surface area contributed by atoms with Gasteiger partial charge in [0.2, 0.25) is 0 Å². The predicted octanol–water partition coefficient (Wildman–Crippen LogP) is 3.96. The summed E-state index contributed by atoms with van der Waals surface area (Å²) in [6, 6.07) is 6.72. The monoisotopic (exact) mass is 345 g/mol. The number of aromatic nitrogens is 1. The molecule has 1 aromatic carbocycles. The van der Waals surface area contributed by atoms with Gasteiger partial charge in [0.1, 0.15) is 12.2 Å². The lowest BCUT2D eigenvalue weighted by molar-refractivity contribution is -0.190. The molecule has 128 valence electrons. The summed E-state index contributed by atoms with van der Waals surface area (Å²) in [5, 5.41) is 2.32. The second-order valence-electron chi connectivity index (χ2n) is 5.00. The summed E-state index contributed by atoms with van der Waals surface area (Å²) in [6.45, 7) is 0. The summed E-state index contributed by atoms with van der Waals surface area (Å²) in [4.78, 5) is 15.7. The van der Waals surface area contributed by atoms with E-state index in [1.54, 1.807) is 0 Å². The molecular formula is C15H12F5N3O. The quantitative estimate of drug-likeness (QED) is 0.824. The Balaban J connectivity index is 2.20. The van der Waals surface area contributed by atoms with Gasteiger partial charge in [0, 0.05) is 23.0 Å². The first-order chi connectivity index (χ1) is 11.1. The largest absolute Gasteiger partial charge is 0.395 e. The SMILES string of the molecule is Nc1cc(C(=O)Nc2cccc(C(F)(F)CC(F)(F)F)c2)ccn1. The first kappa shape index (κ1) is 17.6. The number of nitrogens with one attached hydrogen (secondary N) is 1. The van der Waals surface area contributed by atoms with Crippen molar-refractivity contribution in [2.75, 3.05) is 11.1 Å². The fourth-order valence-corrected chi connectivity index (χ4v) is 1.97. The zero-order chi connectivity index (χ0) is 18.0. The lowest BCUT2D eigenvalue weighted by Gasteiger charge is -2.19. The standard InChI is InChI=1S/C15H12F5N3O/c16-14(17,8-15(18,19)20)10-2-1-3-11(7-10)23-13(24)9-4-5-22-12(21)6-9/h1-7H,8H2,(H2,21,22)(H,23,24). The third kappa shape index (κ3) is 4.64. The van der Waals surface area contributed by atoms with Crippen LogP contribution in [0.5, 0.6) is 0 Å². The van der Waals surface area contributed by atoms with E-state index in [-0.39, 0.29) is 17.1 Å². The average molecular weight is 345 g/mol. The number of amides is 1. The Hall–Kier alpha value is -2.71. The summed E-state index contributed by atoms with van der Waals surface area (Å²) >= 11 is 0. The number of rotatable bonds is 4. The van der Waals surface area contributed by atoms with E-state index in [2.05, 4.69) is 10.3 Å². The highest BCUT2D eigenvalue weighted by Crippen LogP contribution is 2.39. The van der Waals surface area contributed by atoms with Gasteiger partial charge in [-0.05, 0) is 24.3 Å². The first-order valence-corrected chi connectivity index (χ1v) is 6.65. The Morgan fingerprint density at radius 2 is 1.83 bits per heavy atom. The molecule has 0 radical (unpaired) electrons. The molecule has 2 rings (SSSR count). The predicted molar refractivity (Wildman–Crippen MR) is 77.6 cm³/mol. The van der Waals surface area contributed by atoms with Gasteiger partial charge >= 0.3 is 6.18 Å². The van der Waals surface area contributed by atoms with E-state index < -0.39 is 30.0 Å². The van der Waals surface area contributed by atoms with Crippen molar-refractivity contribution in [2.24, 2.45) is 0 Å². The zero-order valence-electron chi connectivity index (χ0n) is 12.1. The molecule has 1 aromatic heterocycles. The number of nitrogens with zero attached hydrogens (tertiary/aromatic N) is 1. The minimum atomic E-state index is -5.02. The van der Waals surface area contributed by atoms with Crippen LogP contribution in [0, 0.1) is 0 Å². The number of halogens is 5. The van der Waals surface area contributed by atoms with Crippen LogP contribution in [0.4, 0.5) is 33.5 Å². The summed E-state index contributed by atoms with van der Waals surface area (Å²) in [5.41, 5.74) is 4.67. The van der Waals surface area contributed by atoms with Crippen LogP contribution >= 0.6 is 0 Å². The highest BCUT2D eigenvalue weighted by Gasteiger charge is 2.44. The van der Waals surface area contributed by atoms with Crippen molar-refractivity contribution in [1.82, 2.24) is 4.98 Å². The van der Waals surface area contributed by atoms with Crippen LogP contribution in [0.15, 0.2) is 42.6 Å². The second-order valence-corrected chi connectivity index (χ2v) is 5.00. The van der Waals surface area contributed by atoms with Crippen LogP contribution in [0.2, 0.25) is 0 Å². The van der Waals surface area contributed by atoms with Crippen molar-refractivity contribution in [3.8, 4) is 0 Å². The van der Waals surface area contributed by atoms with Crippen molar-refractivity contribution in [3.05, 3.63) is 53.7 Å². The molecule has 1 heterocycles. The molecule has 2 aromatic rings. The number of hydrogen-bond acceptors (Lipinski definition) is 3. The number of carbonyl (C=O) groups is 1. The molecule has 0 aliphatic rings. The second kappa shape index (κ2) is 6.42. The van der Waals surface area contributed by atoms with Crippen molar-refractivity contribution < 1.29 is 26.7 Å². The third-order valence-corrected chi connectivity index (χ3v) is 3.01. The first-order valence-electron chi connectivity index (χ1n) is 6.65. The van der Waals surface area contributed by atoms with Crippen molar-refractivity contribution in [1.29, 1.82) is 0 Å². The van der Waals surface area contributed by atoms with E-state index in [1.165, 1.54) is 24.4 Å². The minimum absolute atomic E-state index is 0.0604. The molecule has 0 aliphatic carbocycles. The number of carbonyl (C=O) groups excluding carboxylic acids is 1. The molecule has 0 unspecified atom stereocenters. The molecule has 0 atom stereocenters. The van der Waals surface area contributed by atoms with E-state index >= 15 is 0 Å². The Morgan fingerprint density at radius 1 is 1.12 bits per heavy atom. The lowest BCUT2D eigenvalue weighted by Crippen LogP contribution is -2.24. The molecule has 0 bridgehead atoms. The van der Waals surface area contributed by atoms with Gasteiger partial charge in [0.25, 0.3) is 11.8 Å². The van der Waals surface area contributed by atoms with E-state index in [4.69, 9.17) is 5.73 Å². The van der Waals surface area contributed by atoms with Crippen LogP contribution in [0.25, 0.3) is 0 Å². The van der Waals surface area contributed by atoms with Gasteiger partial charge in [-0.25, -0.2) is 13.8 Å². The smallest absolute Gasteiger partial charge is 0.384 e. The van der Waals surface area contributed by atoms with Crippen molar-refractivity contribution in [3.63, 3.8) is 0 Å². The van der Waals surface area contributed by atoms with Crippen LogP contribution in [0.3, 0.4) is 0 Å². The molecule has 4 nitrogen and oxygen atoms in total. The van der Waals surface area contributed by atoms with E-state index in [9.17, 15) is 26.7 Å². The summed E-state index contributed by atoms with van der Waals surface area (Å²) in [7, 11) is 0. The number of pyridine rings is 1. The van der Waals surface area contributed by atoms with Crippen LogP contribution < -0.4 is 11.1 Å². The summed E-state index contributed by atoms with van der Waals surface area (Å²) < 4.78 is 64.1. The summed E-state index contributed by atoms with van der Waals surface area (Å²) in [5.74, 6) is -4.66. The number of nitrogen functional groups attached to an aromatic ring is 1. The van der Waals surface area contributed by atoms with Crippen LogP contribution in [0.1, 0.15) is 22.3 Å². The maximum atomic E-state index is 13.7. The normalized spacial score (nSPS) is 12.0. The molecule has 3 N–H and O–H groups in total. The Morgan fingerprint density at radius 3 is 2.46 bits per heavy atom. The van der Waals surface area contributed by atoms with Crippen molar-refractivity contribution in [2.45, 2.75) is 18.5 Å². The molecule has 0 spiro atoms. The highest BCUT2D eigenvalue weighted by molar-refractivity contribution is 6.04. The summed E-state index contributed by atoms with van der Waals surface area (Å²) in [6.07, 6.45) is -6.01. The fraction of sp³-hybridized carbons (Fsp3) is 0.200. The minimum Gasteiger partial charge on any atom is -0.384 e. The van der Waals surface area contributed by atoms with Gasteiger partial charge in [-0.1, -0.05) is 12.1 Å². The maximum absolute atomic E-state index is 13.7. The number of hydrogen-bond donors (Lipinski definition) is 2. The highest BCUT2D eigenvalue weighted by atomic mass is 19.4. The Kier molecular flexibility index (Phi) is 4.72. The molecule has 24 heavy (non-hydrogen) atoms. The van der Waals surface area contributed by atoms with Gasteiger partial charge < -0.3 is 11.1 Å². The van der Waals surface area contributed by atoms with Gasteiger partial charge in [-0.2, -0.15) is 13.2 Å². The lowest BCUT2D eigenvalue weighted by atomic mass is 10.0. The molecule has 9 heteroatoms. The van der Waals surface area contributed by atoms with E-state index in [0.717, 1.165) is 18.2 Å². The number of alkyl halides is 5. The third-order valence-electron chi connectivity index (χ3n) is 3.01. The van der Waals surface area contributed by atoms with Gasteiger partial charge in [0.05, 0.1) is 0 Å². The van der Waals surface area contributed by atoms with Crippen LogP contribution in [-0.2, 0) is 5.92 Å². The average Bonchev–Trinajstić information content (AvgIpc) is 2.45. The number of nitrogens with two attached hydrogens (primary N) is 1. The van der Waals surface area contributed by atoms with E-state index in [0.29, 0.717) is 0 Å². The number of benzene rings is 1. The molecule has 1 amide bonds. The zero-order valence-corrected chi connectivity index (χ0v) is 12.1. The molecular weight excluding hydrogens is 333 g/mol. The Labute approximate surface area is 133 Å². The topological polar surface area (TPSA) is 68.0 Å². The molecule has 0 saturated carbocycles. The molecule has 0 fully saturated rings. The van der Waals surface area contributed by atoms with Gasteiger partial charge in [-0.3, -0.25) is 4.79 Å². The van der Waals surface area contributed by atoms with Crippen molar-refractivity contribution >= 4 is 17.4 Å². The van der Waals surface area contributed by atoms with E-state index in [1.807, 2.05) is 0 Å². The molecule has 0 aliphatic heterocycles. The maximum Gasteiger partial charge on any atom is 0.395 e. The Bertz CT molecular complexity index is 746. The van der Waals surface area contributed by atoms with Crippen LogP contribution in [-0.4, -0.2) is 17.1 Å². The molecule has 0 saturated heterocycles.